The molecule has 0 heterocycles. The topological polar surface area (TPSA) is 0 Å². The molecule has 0 N–H and O–H groups in total. The van der Waals surface area contributed by atoms with Gasteiger partial charge < -0.3 is 0 Å². The molecule has 188 valence electrons. The van der Waals surface area contributed by atoms with E-state index in [1.54, 1.807) is 0 Å². The van der Waals surface area contributed by atoms with Crippen molar-refractivity contribution in [3.8, 4) is 0 Å². The van der Waals surface area contributed by atoms with E-state index in [4.69, 9.17) is 0 Å². The Bertz CT molecular complexity index is 261. The Morgan fingerprint density at radius 3 is 0.290 bits per heavy atom. The third-order valence-corrected chi connectivity index (χ3v) is 18.0. The average Bonchev–Trinajstić information content (AvgIpc) is 2.43. The first-order valence-corrected chi connectivity index (χ1v) is 18.2. The molecule has 0 rings (SSSR count). The van der Waals surface area contributed by atoms with Gasteiger partial charge in [-0.1, -0.05) is 174 Å². The molecular formula is C27H63SbSi3. The second kappa shape index (κ2) is 20.8. The van der Waals surface area contributed by atoms with Gasteiger partial charge in [-0.15, -0.1) is 0 Å². The maximum Gasteiger partial charge on any atom is 0.0561 e. The Morgan fingerprint density at radius 2 is 0.290 bits per heavy atom. The fraction of sp³-hybridized carbons (Fsp3) is 1.00. The van der Waals surface area contributed by atoms with Crippen LogP contribution in [0.1, 0.15) is 125 Å². The van der Waals surface area contributed by atoms with E-state index in [1.807, 2.05) is 0 Å². The first-order chi connectivity index (χ1) is 13.4. The normalized spacial score (nSPS) is 12.2. The first kappa shape index (κ1) is 39.7. The van der Waals surface area contributed by atoms with Gasteiger partial charge in [-0.25, -0.2) is 0 Å². The van der Waals surface area contributed by atoms with Crippen molar-refractivity contribution in [3.63, 3.8) is 0 Å². The molecule has 0 spiro atoms. The molecule has 0 aliphatic rings. The van der Waals surface area contributed by atoms with Crippen molar-refractivity contribution >= 4 is 50.8 Å². The van der Waals surface area contributed by atoms with Gasteiger partial charge in [0.15, 0.2) is 0 Å². The van der Waals surface area contributed by atoms with Crippen LogP contribution < -0.4 is 0 Å². The summed E-state index contributed by atoms with van der Waals surface area (Å²) in [5.74, 6) is 0. The minimum atomic E-state index is -0.0957. The molecule has 0 atom stereocenters. The van der Waals surface area contributed by atoms with Crippen molar-refractivity contribution in [1.29, 1.82) is 0 Å². The van der Waals surface area contributed by atoms with E-state index in [9.17, 15) is 0 Å². The van der Waals surface area contributed by atoms with Crippen molar-refractivity contribution in [2.45, 2.75) is 174 Å². The van der Waals surface area contributed by atoms with Crippen LogP contribution in [-0.4, -0.2) is 50.8 Å². The summed E-state index contributed by atoms with van der Waals surface area (Å²) in [5, 5.41) is 0. The maximum atomic E-state index is 2.37. The standard InChI is InChI=1S/3C9H21Si.Sb/c3*1-7(2)10(8(3)4)9(5)6;/h3*7-9H,1-6H3;. The van der Waals surface area contributed by atoms with Gasteiger partial charge in [-0.3, -0.25) is 0 Å². The summed E-state index contributed by atoms with van der Waals surface area (Å²) in [6.07, 6.45) is 0. The van der Waals surface area contributed by atoms with E-state index in [2.05, 4.69) is 125 Å². The predicted molar refractivity (Wildman–Crippen MR) is 159 cm³/mol. The molecule has 31 heavy (non-hydrogen) atoms. The van der Waals surface area contributed by atoms with Crippen LogP contribution >= 0.6 is 0 Å². The third-order valence-electron chi connectivity index (χ3n) is 6.00. The van der Waals surface area contributed by atoms with Crippen LogP contribution in [0.25, 0.3) is 0 Å². The molecule has 0 amide bonds. The molecule has 0 aromatic heterocycles. The maximum absolute atomic E-state index is 2.37. The van der Waals surface area contributed by atoms with Crippen LogP contribution in [0.2, 0.25) is 49.9 Å². The Kier molecular flexibility index (Phi) is 26.6. The molecule has 0 saturated heterocycles. The Balaban J connectivity index is -0.000000174. The summed E-state index contributed by atoms with van der Waals surface area (Å²) in [6, 6.07) is 0. The smallest absolute Gasteiger partial charge is 0.0561 e. The van der Waals surface area contributed by atoms with Gasteiger partial charge in [0.1, 0.15) is 0 Å². The van der Waals surface area contributed by atoms with Crippen LogP contribution in [0.4, 0.5) is 0 Å². The molecule has 0 aromatic carbocycles. The van der Waals surface area contributed by atoms with Crippen molar-refractivity contribution < 1.29 is 0 Å². The summed E-state index contributed by atoms with van der Waals surface area (Å²) < 4.78 is 0. The van der Waals surface area contributed by atoms with Gasteiger partial charge in [0.05, 0.1) is 26.4 Å². The summed E-state index contributed by atoms with van der Waals surface area (Å²) in [5.41, 5.74) is 8.42. The van der Waals surface area contributed by atoms with Crippen LogP contribution in [0, 0.1) is 0 Å². The molecule has 0 fully saturated rings. The third kappa shape index (κ3) is 19.5. The second-order valence-electron chi connectivity index (χ2n) is 11.9. The van der Waals surface area contributed by atoms with Crippen LogP contribution in [0.5, 0.6) is 0 Å². The summed E-state index contributed by atoms with van der Waals surface area (Å²) in [7, 11) is -0.287. The Labute approximate surface area is 224 Å². The summed E-state index contributed by atoms with van der Waals surface area (Å²) >= 11 is 0. The van der Waals surface area contributed by atoms with E-state index in [-0.39, 0.29) is 50.8 Å². The molecular weight excluding hydrogens is 530 g/mol. The zero-order valence-corrected chi connectivity index (χ0v) is 30.7. The van der Waals surface area contributed by atoms with Crippen molar-refractivity contribution in [1.82, 2.24) is 0 Å². The largest absolute Gasteiger partial charge is 0.0653 e. The van der Waals surface area contributed by atoms with Crippen molar-refractivity contribution in [3.05, 3.63) is 0 Å². The average molecular weight is 594 g/mol. The summed E-state index contributed by atoms with van der Waals surface area (Å²) in [6.45, 7) is 42.6. The number of hydrogen-bond donors (Lipinski definition) is 0. The molecule has 0 unspecified atom stereocenters. The van der Waals surface area contributed by atoms with Gasteiger partial charge >= 0.3 is 0 Å². The monoisotopic (exact) mass is 592 g/mol. The van der Waals surface area contributed by atoms with Crippen LogP contribution in [-0.2, 0) is 0 Å². The zero-order valence-electron chi connectivity index (χ0n) is 25.1. The molecule has 0 nitrogen and oxygen atoms in total. The minimum absolute atomic E-state index is 0. The minimum Gasteiger partial charge on any atom is -0.0653 e. The van der Waals surface area contributed by atoms with Gasteiger partial charge in [-0.2, -0.15) is 0 Å². The van der Waals surface area contributed by atoms with Gasteiger partial charge in [0.2, 0.25) is 0 Å². The van der Waals surface area contributed by atoms with E-state index >= 15 is 0 Å². The fourth-order valence-electron chi connectivity index (χ4n) is 6.00. The first-order valence-electron chi connectivity index (χ1n) is 13.0. The van der Waals surface area contributed by atoms with Gasteiger partial charge in [0.25, 0.3) is 0 Å². The fourth-order valence-corrected chi connectivity index (χ4v) is 18.0. The van der Waals surface area contributed by atoms with E-state index in [1.165, 1.54) is 0 Å². The zero-order chi connectivity index (χ0) is 24.9. The number of hydrogen-bond acceptors (Lipinski definition) is 0. The van der Waals surface area contributed by atoms with Crippen molar-refractivity contribution in [2.75, 3.05) is 0 Å². The Hall–Kier alpha value is 1.47. The summed E-state index contributed by atoms with van der Waals surface area (Å²) in [4.78, 5) is 0. The SMILES string of the molecule is CC(C)[Si](C(C)C)C(C)C.CC(C)[Si](C(C)C)C(C)C.CC(C)[Si](C(C)C)C(C)C.[Sb]. The number of rotatable bonds is 9. The quantitative estimate of drug-likeness (QED) is 0.233. The molecule has 0 aromatic rings. The van der Waals surface area contributed by atoms with E-state index in [0.29, 0.717) is 0 Å². The van der Waals surface area contributed by atoms with Gasteiger partial charge in [0, 0.05) is 24.4 Å². The molecule has 0 aliphatic heterocycles. The second-order valence-corrected chi connectivity index (χ2v) is 25.3. The molecule has 4 heteroatoms. The molecule has 0 aliphatic carbocycles. The predicted octanol–water partition coefficient (Wildman–Crippen LogP) is 10.8. The molecule has 0 bridgehead atoms. The van der Waals surface area contributed by atoms with Gasteiger partial charge in [-0.05, 0) is 0 Å². The Morgan fingerprint density at radius 1 is 0.226 bits per heavy atom. The van der Waals surface area contributed by atoms with E-state index in [0.717, 1.165) is 49.9 Å². The van der Waals surface area contributed by atoms with E-state index < -0.39 is 0 Å². The molecule has 6 radical (unpaired) electrons. The van der Waals surface area contributed by atoms with Crippen LogP contribution in [0.15, 0.2) is 0 Å². The molecule has 0 saturated carbocycles. The van der Waals surface area contributed by atoms with Crippen LogP contribution in [0.3, 0.4) is 0 Å². The van der Waals surface area contributed by atoms with Crippen molar-refractivity contribution in [2.24, 2.45) is 0 Å².